The Kier molecular flexibility index (Phi) is 4.36. The summed E-state index contributed by atoms with van der Waals surface area (Å²) in [4.78, 5) is 0. The van der Waals surface area contributed by atoms with Crippen LogP contribution in [0.15, 0.2) is 35.5 Å². The minimum atomic E-state index is -0.553. The van der Waals surface area contributed by atoms with Crippen LogP contribution in [0.2, 0.25) is 0 Å². The van der Waals surface area contributed by atoms with E-state index in [1.807, 2.05) is 30.3 Å². The van der Waals surface area contributed by atoms with Crippen LogP contribution in [0.1, 0.15) is 0 Å². The molecule has 0 aliphatic carbocycles. The summed E-state index contributed by atoms with van der Waals surface area (Å²) in [6.07, 6.45) is -0.553. The summed E-state index contributed by atoms with van der Waals surface area (Å²) in [7, 11) is 0. The number of hydrogen-bond donors (Lipinski definition) is 1. The van der Waals surface area contributed by atoms with E-state index in [1.165, 1.54) is 11.8 Å². The minimum absolute atomic E-state index is 0.208. The van der Waals surface area contributed by atoms with E-state index in [0.717, 1.165) is 5.69 Å². The molecule has 0 aliphatic heterocycles. The number of para-hydroxylation sites is 1. The van der Waals surface area contributed by atoms with Gasteiger partial charge in [0.25, 0.3) is 0 Å². The lowest BCUT2D eigenvalue weighted by atomic mass is 10.3. The van der Waals surface area contributed by atoms with Gasteiger partial charge in [-0.3, -0.25) is 0 Å². The summed E-state index contributed by atoms with van der Waals surface area (Å²) in [5.74, 6) is 0.677. The monoisotopic (exact) mass is 270 g/mol. The van der Waals surface area contributed by atoms with Gasteiger partial charge in [0.05, 0.1) is 11.8 Å². The maximum atomic E-state index is 9.39. The molecule has 1 unspecified atom stereocenters. The first-order chi connectivity index (χ1) is 8.31. The average molecular weight is 271 g/mol. The maximum Gasteiger partial charge on any atom is 0.214 e. The fourth-order valence-electron chi connectivity index (χ4n) is 1.22. The lowest BCUT2D eigenvalue weighted by molar-refractivity contribution is 0.223. The molecular formula is C10H11ClN4OS. The summed E-state index contributed by atoms with van der Waals surface area (Å²) < 4.78 is 1.63. The quantitative estimate of drug-likeness (QED) is 0.656. The van der Waals surface area contributed by atoms with E-state index in [2.05, 4.69) is 15.5 Å². The lowest BCUT2D eigenvalue weighted by Crippen LogP contribution is -2.12. The van der Waals surface area contributed by atoms with Crippen LogP contribution in [-0.2, 0) is 0 Å². The van der Waals surface area contributed by atoms with Crippen molar-refractivity contribution in [2.75, 3.05) is 11.6 Å². The van der Waals surface area contributed by atoms with Gasteiger partial charge in [0, 0.05) is 11.6 Å². The standard InChI is InChI=1S/C10H11ClN4OS/c11-6-9(16)7-17-10-12-13-14-15(10)8-4-2-1-3-5-8/h1-5,9,16H,6-7H2. The Morgan fingerprint density at radius 1 is 1.35 bits per heavy atom. The topological polar surface area (TPSA) is 63.8 Å². The van der Waals surface area contributed by atoms with Gasteiger partial charge in [-0.1, -0.05) is 30.0 Å². The first kappa shape index (κ1) is 12.3. The minimum Gasteiger partial charge on any atom is -0.391 e. The van der Waals surface area contributed by atoms with Gasteiger partial charge in [0.1, 0.15) is 0 Å². The van der Waals surface area contributed by atoms with Gasteiger partial charge in [-0.25, -0.2) is 0 Å². The van der Waals surface area contributed by atoms with Crippen LogP contribution in [0.5, 0.6) is 0 Å². The van der Waals surface area contributed by atoms with E-state index in [0.29, 0.717) is 10.9 Å². The van der Waals surface area contributed by atoms with Crippen LogP contribution < -0.4 is 0 Å². The number of tetrazole rings is 1. The van der Waals surface area contributed by atoms with E-state index in [4.69, 9.17) is 11.6 Å². The molecule has 2 rings (SSSR count). The molecule has 2 aromatic rings. The average Bonchev–Trinajstić information content (AvgIpc) is 2.85. The largest absolute Gasteiger partial charge is 0.391 e. The van der Waals surface area contributed by atoms with Gasteiger partial charge in [0.15, 0.2) is 0 Å². The molecular weight excluding hydrogens is 260 g/mol. The van der Waals surface area contributed by atoms with Crippen molar-refractivity contribution in [3.63, 3.8) is 0 Å². The SMILES string of the molecule is OC(CCl)CSc1nnnn1-c1ccccc1. The van der Waals surface area contributed by atoms with Crippen molar-refractivity contribution in [3.8, 4) is 5.69 Å². The summed E-state index contributed by atoms with van der Waals surface area (Å²) in [5, 5.41) is 21.5. The molecule has 0 radical (unpaired) electrons. The van der Waals surface area contributed by atoms with Gasteiger partial charge in [0.2, 0.25) is 5.16 Å². The fraction of sp³-hybridized carbons (Fsp3) is 0.300. The number of alkyl halides is 1. The van der Waals surface area contributed by atoms with E-state index < -0.39 is 6.10 Å². The van der Waals surface area contributed by atoms with Gasteiger partial charge in [-0.2, -0.15) is 4.68 Å². The Labute approximate surface area is 108 Å². The number of aliphatic hydroxyl groups excluding tert-OH is 1. The zero-order valence-corrected chi connectivity index (χ0v) is 10.5. The van der Waals surface area contributed by atoms with Gasteiger partial charge in [-0.15, -0.1) is 16.7 Å². The molecule has 7 heteroatoms. The Morgan fingerprint density at radius 3 is 2.82 bits per heavy atom. The van der Waals surface area contributed by atoms with Crippen molar-refractivity contribution < 1.29 is 5.11 Å². The second-order valence-corrected chi connectivity index (χ2v) is 4.62. The third kappa shape index (κ3) is 3.18. The molecule has 0 saturated heterocycles. The summed E-state index contributed by atoms with van der Waals surface area (Å²) >= 11 is 6.90. The Hall–Kier alpha value is -1.11. The molecule has 0 bridgehead atoms. The van der Waals surface area contributed by atoms with E-state index >= 15 is 0 Å². The predicted molar refractivity (Wildman–Crippen MR) is 66.6 cm³/mol. The molecule has 1 N–H and O–H groups in total. The predicted octanol–water partition coefficient (Wildman–Crippen LogP) is 1.35. The van der Waals surface area contributed by atoms with E-state index in [9.17, 15) is 5.11 Å². The first-order valence-electron chi connectivity index (χ1n) is 5.02. The van der Waals surface area contributed by atoms with Crippen molar-refractivity contribution in [1.82, 2.24) is 20.2 Å². The molecule has 17 heavy (non-hydrogen) atoms. The Bertz CT molecular complexity index is 464. The van der Waals surface area contributed by atoms with Crippen LogP contribution >= 0.6 is 23.4 Å². The van der Waals surface area contributed by atoms with Crippen LogP contribution in [0.3, 0.4) is 0 Å². The number of hydrogen-bond acceptors (Lipinski definition) is 5. The van der Waals surface area contributed by atoms with E-state index in [-0.39, 0.29) is 5.88 Å². The van der Waals surface area contributed by atoms with Gasteiger partial charge in [-0.05, 0) is 22.6 Å². The van der Waals surface area contributed by atoms with Crippen molar-refractivity contribution in [2.45, 2.75) is 11.3 Å². The molecule has 0 amide bonds. The first-order valence-corrected chi connectivity index (χ1v) is 6.54. The highest BCUT2D eigenvalue weighted by Crippen LogP contribution is 2.18. The second kappa shape index (κ2) is 6.00. The zero-order chi connectivity index (χ0) is 12.1. The normalized spacial score (nSPS) is 12.6. The summed E-state index contributed by atoms with van der Waals surface area (Å²) in [6.45, 7) is 0. The highest BCUT2D eigenvalue weighted by atomic mass is 35.5. The number of halogens is 1. The van der Waals surface area contributed by atoms with Crippen LogP contribution in [-0.4, -0.2) is 43.1 Å². The van der Waals surface area contributed by atoms with Gasteiger partial charge < -0.3 is 5.11 Å². The summed E-state index contributed by atoms with van der Waals surface area (Å²) in [5.41, 5.74) is 0.889. The molecule has 5 nitrogen and oxygen atoms in total. The van der Waals surface area contributed by atoms with Crippen molar-refractivity contribution in [1.29, 1.82) is 0 Å². The number of benzene rings is 1. The van der Waals surface area contributed by atoms with E-state index in [1.54, 1.807) is 4.68 Å². The molecule has 0 saturated carbocycles. The Balaban J connectivity index is 2.12. The highest BCUT2D eigenvalue weighted by molar-refractivity contribution is 7.99. The Morgan fingerprint density at radius 2 is 2.12 bits per heavy atom. The highest BCUT2D eigenvalue weighted by Gasteiger charge is 2.11. The third-order valence-corrected chi connectivity index (χ3v) is 3.45. The zero-order valence-electron chi connectivity index (χ0n) is 8.90. The number of aromatic nitrogens is 4. The second-order valence-electron chi connectivity index (χ2n) is 3.33. The number of aliphatic hydroxyl groups is 1. The number of nitrogens with zero attached hydrogens (tertiary/aromatic N) is 4. The fourth-order valence-corrected chi connectivity index (χ4v) is 2.27. The molecule has 0 spiro atoms. The molecule has 90 valence electrons. The molecule has 1 aromatic heterocycles. The van der Waals surface area contributed by atoms with Gasteiger partial charge >= 0.3 is 0 Å². The van der Waals surface area contributed by atoms with Crippen molar-refractivity contribution in [2.24, 2.45) is 0 Å². The molecule has 0 aliphatic rings. The van der Waals surface area contributed by atoms with Crippen molar-refractivity contribution >= 4 is 23.4 Å². The smallest absolute Gasteiger partial charge is 0.214 e. The molecule has 1 aromatic carbocycles. The number of thioether (sulfide) groups is 1. The molecule has 1 heterocycles. The number of rotatable bonds is 5. The maximum absolute atomic E-state index is 9.39. The molecule has 0 fully saturated rings. The lowest BCUT2D eigenvalue weighted by Gasteiger charge is -2.06. The van der Waals surface area contributed by atoms with Crippen molar-refractivity contribution in [3.05, 3.63) is 30.3 Å². The van der Waals surface area contributed by atoms with Crippen LogP contribution in [0, 0.1) is 0 Å². The van der Waals surface area contributed by atoms with Crippen LogP contribution in [0.25, 0.3) is 5.69 Å². The summed E-state index contributed by atoms with van der Waals surface area (Å²) in [6, 6.07) is 9.59. The third-order valence-electron chi connectivity index (χ3n) is 2.02. The molecule has 1 atom stereocenters. The van der Waals surface area contributed by atoms with Crippen LogP contribution in [0.4, 0.5) is 0 Å².